The molecular weight excluding hydrogens is 338 g/mol. The molecular formula is C20H22ClNO3. The molecule has 0 aromatic heterocycles. The summed E-state index contributed by atoms with van der Waals surface area (Å²) in [6, 6.07) is 10.9. The van der Waals surface area contributed by atoms with Crippen LogP contribution in [0.15, 0.2) is 36.4 Å². The number of aryl methyl sites for hydroxylation is 1. The molecule has 132 valence electrons. The summed E-state index contributed by atoms with van der Waals surface area (Å²) in [7, 11) is 0. The molecule has 25 heavy (non-hydrogen) atoms. The number of amides is 1. The van der Waals surface area contributed by atoms with E-state index in [1.54, 1.807) is 12.1 Å². The molecule has 0 spiro atoms. The van der Waals surface area contributed by atoms with E-state index in [-0.39, 0.29) is 18.1 Å². The van der Waals surface area contributed by atoms with Crippen LogP contribution in [0.3, 0.4) is 0 Å². The third-order valence-electron chi connectivity index (χ3n) is 4.29. The van der Waals surface area contributed by atoms with Crippen molar-refractivity contribution in [1.29, 1.82) is 0 Å². The molecule has 1 aliphatic rings. The number of para-hydroxylation sites is 1. The number of hydrogen-bond donors (Lipinski definition) is 1. The van der Waals surface area contributed by atoms with Crippen LogP contribution in [0.25, 0.3) is 0 Å². The number of fused-ring (bicyclic) bond motifs is 1. The van der Waals surface area contributed by atoms with Crippen LogP contribution in [0.5, 0.6) is 11.5 Å². The Morgan fingerprint density at radius 2 is 2.08 bits per heavy atom. The minimum Gasteiger partial charge on any atom is -0.487 e. The third-order valence-corrected chi connectivity index (χ3v) is 4.62. The minimum absolute atomic E-state index is 0.0904. The van der Waals surface area contributed by atoms with Gasteiger partial charge in [0.25, 0.3) is 5.91 Å². The predicted molar refractivity (Wildman–Crippen MR) is 99.8 cm³/mol. The first kappa shape index (κ1) is 17.6. The quantitative estimate of drug-likeness (QED) is 0.855. The number of hydrogen-bond acceptors (Lipinski definition) is 3. The second-order valence-electron chi connectivity index (χ2n) is 6.90. The van der Waals surface area contributed by atoms with Crippen molar-refractivity contribution in [2.24, 2.45) is 0 Å². The van der Waals surface area contributed by atoms with Gasteiger partial charge in [0.2, 0.25) is 0 Å². The molecule has 1 amide bonds. The first-order chi connectivity index (χ1) is 11.8. The highest BCUT2D eigenvalue weighted by molar-refractivity contribution is 6.33. The van der Waals surface area contributed by atoms with Crippen LogP contribution in [0, 0.1) is 6.92 Å². The number of nitrogens with one attached hydrogen (secondary N) is 1. The van der Waals surface area contributed by atoms with Crippen molar-refractivity contribution in [3.8, 4) is 11.5 Å². The maximum Gasteiger partial charge on any atom is 0.262 e. The average molecular weight is 360 g/mol. The van der Waals surface area contributed by atoms with E-state index in [0.717, 1.165) is 24.2 Å². The molecule has 0 atom stereocenters. The topological polar surface area (TPSA) is 47.6 Å². The summed E-state index contributed by atoms with van der Waals surface area (Å²) in [5.41, 5.74) is 2.73. The lowest BCUT2D eigenvalue weighted by molar-refractivity contribution is -0.118. The van der Waals surface area contributed by atoms with Crippen molar-refractivity contribution in [1.82, 2.24) is 0 Å². The lowest BCUT2D eigenvalue weighted by Crippen LogP contribution is -2.32. The Kier molecular flexibility index (Phi) is 4.91. The van der Waals surface area contributed by atoms with Crippen molar-refractivity contribution < 1.29 is 14.3 Å². The van der Waals surface area contributed by atoms with E-state index in [2.05, 4.69) is 19.2 Å². The number of carbonyl (C=O) groups is 1. The highest BCUT2D eigenvalue weighted by Crippen LogP contribution is 2.37. The van der Waals surface area contributed by atoms with Gasteiger partial charge in [-0.25, -0.2) is 0 Å². The smallest absolute Gasteiger partial charge is 0.262 e. The molecule has 0 unspecified atom stereocenters. The molecule has 0 radical (unpaired) electrons. The van der Waals surface area contributed by atoms with Crippen molar-refractivity contribution in [3.05, 3.63) is 52.5 Å². The predicted octanol–water partition coefficient (Wildman–Crippen LogP) is 4.77. The zero-order valence-electron chi connectivity index (χ0n) is 14.7. The molecule has 1 heterocycles. The fraction of sp³-hybridized carbons (Fsp3) is 0.350. The number of benzene rings is 2. The van der Waals surface area contributed by atoms with Crippen LogP contribution < -0.4 is 14.8 Å². The SMILES string of the molecule is Cc1cc(OCC(=O)Nc2ccccc2Cl)cc2c1CCC(C)(C)O2. The Hall–Kier alpha value is -2.20. The standard InChI is InChI=1S/C20H22ClNO3/c1-13-10-14(11-18-15(13)8-9-20(2,3)25-18)24-12-19(23)22-17-7-5-4-6-16(17)21/h4-7,10-11H,8-9,12H2,1-3H3,(H,22,23). The van der Waals surface area contributed by atoms with Gasteiger partial charge in [-0.2, -0.15) is 0 Å². The summed E-state index contributed by atoms with van der Waals surface area (Å²) in [5, 5.41) is 3.24. The third kappa shape index (κ3) is 4.26. The van der Waals surface area contributed by atoms with Gasteiger partial charge in [0.15, 0.2) is 6.61 Å². The van der Waals surface area contributed by atoms with Crippen LogP contribution in [-0.2, 0) is 11.2 Å². The number of carbonyl (C=O) groups excluding carboxylic acids is 1. The monoisotopic (exact) mass is 359 g/mol. The summed E-state index contributed by atoms with van der Waals surface area (Å²) < 4.78 is 11.7. The van der Waals surface area contributed by atoms with E-state index in [1.807, 2.05) is 31.2 Å². The van der Waals surface area contributed by atoms with Crippen LogP contribution in [0.2, 0.25) is 5.02 Å². The lowest BCUT2D eigenvalue weighted by Gasteiger charge is -2.33. The molecule has 0 fully saturated rings. The first-order valence-electron chi connectivity index (χ1n) is 8.34. The molecule has 4 nitrogen and oxygen atoms in total. The zero-order valence-corrected chi connectivity index (χ0v) is 15.4. The maximum atomic E-state index is 12.1. The highest BCUT2D eigenvalue weighted by Gasteiger charge is 2.28. The highest BCUT2D eigenvalue weighted by atomic mass is 35.5. The Morgan fingerprint density at radius 1 is 1.32 bits per heavy atom. The Balaban J connectivity index is 1.66. The van der Waals surface area contributed by atoms with Gasteiger partial charge in [-0.3, -0.25) is 4.79 Å². The molecule has 5 heteroatoms. The van der Waals surface area contributed by atoms with E-state index < -0.39 is 0 Å². The second kappa shape index (κ2) is 6.96. The van der Waals surface area contributed by atoms with Crippen molar-refractivity contribution in [2.75, 3.05) is 11.9 Å². The second-order valence-corrected chi connectivity index (χ2v) is 7.30. The Bertz CT molecular complexity index is 802. The molecule has 0 saturated carbocycles. The van der Waals surface area contributed by atoms with E-state index in [1.165, 1.54) is 5.56 Å². The van der Waals surface area contributed by atoms with E-state index in [9.17, 15) is 4.79 Å². The summed E-state index contributed by atoms with van der Waals surface area (Å²) in [4.78, 5) is 12.1. The van der Waals surface area contributed by atoms with Crippen LogP contribution in [-0.4, -0.2) is 18.1 Å². The van der Waals surface area contributed by atoms with Crippen molar-refractivity contribution in [2.45, 2.75) is 39.2 Å². The van der Waals surface area contributed by atoms with Gasteiger partial charge in [0.1, 0.15) is 17.1 Å². The van der Waals surface area contributed by atoms with Gasteiger partial charge >= 0.3 is 0 Å². The van der Waals surface area contributed by atoms with Gasteiger partial charge in [-0.1, -0.05) is 23.7 Å². The molecule has 0 bridgehead atoms. The molecule has 2 aromatic rings. The van der Waals surface area contributed by atoms with Crippen molar-refractivity contribution >= 4 is 23.2 Å². The van der Waals surface area contributed by atoms with Gasteiger partial charge in [-0.05, 0) is 62.9 Å². The lowest BCUT2D eigenvalue weighted by atomic mass is 9.92. The number of halogens is 1. The summed E-state index contributed by atoms with van der Waals surface area (Å²) in [6.07, 6.45) is 1.97. The van der Waals surface area contributed by atoms with Gasteiger partial charge in [0, 0.05) is 6.07 Å². The Labute approximate surface area is 153 Å². The number of ether oxygens (including phenoxy) is 2. The fourth-order valence-electron chi connectivity index (χ4n) is 2.92. The summed E-state index contributed by atoms with van der Waals surface area (Å²) in [6.45, 7) is 6.11. The molecule has 3 rings (SSSR count). The first-order valence-corrected chi connectivity index (χ1v) is 8.71. The normalized spacial score (nSPS) is 15.0. The fourth-order valence-corrected chi connectivity index (χ4v) is 3.10. The van der Waals surface area contributed by atoms with Gasteiger partial charge < -0.3 is 14.8 Å². The largest absolute Gasteiger partial charge is 0.487 e. The van der Waals surface area contributed by atoms with E-state index >= 15 is 0 Å². The van der Waals surface area contributed by atoms with E-state index in [0.29, 0.717) is 16.5 Å². The van der Waals surface area contributed by atoms with Crippen LogP contribution >= 0.6 is 11.6 Å². The minimum atomic E-state index is -0.260. The maximum absolute atomic E-state index is 12.1. The van der Waals surface area contributed by atoms with Gasteiger partial charge in [-0.15, -0.1) is 0 Å². The number of anilines is 1. The van der Waals surface area contributed by atoms with E-state index in [4.69, 9.17) is 21.1 Å². The van der Waals surface area contributed by atoms with Gasteiger partial charge in [0.05, 0.1) is 10.7 Å². The summed E-state index contributed by atoms with van der Waals surface area (Å²) in [5.74, 6) is 1.21. The van der Waals surface area contributed by atoms with Crippen LogP contribution in [0.4, 0.5) is 5.69 Å². The molecule has 0 aliphatic carbocycles. The molecule has 2 aromatic carbocycles. The number of rotatable bonds is 4. The van der Waals surface area contributed by atoms with Crippen molar-refractivity contribution in [3.63, 3.8) is 0 Å². The molecule has 1 aliphatic heterocycles. The van der Waals surface area contributed by atoms with Crippen LogP contribution in [0.1, 0.15) is 31.4 Å². The zero-order chi connectivity index (χ0) is 18.0. The molecule has 1 N–H and O–H groups in total. The molecule has 0 saturated heterocycles. The average Bonchev–Trinajstić information content (AvgIpc) is 2.54. The summed E-state index contributed by atoms with van der Waals surface area (Å²) >= 11 is 6.04. The Morgan fingerprint density at radius 3 is 2.84 bits per heavy atom.